The smallest absolute Gasteiger partial charge is 0.251 e. The van der Waals surface area contributed by atoms with Gasteiger partial charge < -0.3 is 19.9 Å². The molecule has 0 aromatic heterocycles. The van der Waals surface area contributed by atoms with Gasteiger partial charge in [0, 0.05) is 50.6 Å². The third kappa shape index (κ3) is 4.23. The second-order valence-corrected chi connectivity index (χ2v) is 8.19. The van der Waals surface area contributed by atoms with Crippen molar-refractivity contribution in [2.24, 2.45) is 5.92 Å². The summed E-state index contributed by atoms with van der Waals surface area (Å²) in [7, 11) is 0. The molecular formula is C22H29N3O4. The van der Waals surface area contributed by atoms with Gasteiger partial charge in [-0.1, -0.05) is 0 Å². The predicted octanol–water partition coefficient (Wildman–Crippen LogP) is 1.60. The van der Waals surface area contributed by atoms with E-state index in [9.17, 15) is 14.4 Å². The molecule has 0 bridgehead atoms. The number of nitrogens with zero attached hydrogens (tertiary/aromatic N) is 2. The van der Waals surface area contributed by atoms with Crippen molar-refractivity contribution in [3.05, 3.63) is 29.3 Å². The Balaban J connectivity index is 1.35. The monoisotopic (exact) mass is 399 g/mol. The minimum absolute atomic E-state index is 0.0443. The third-order valence-corrected chi connectivity index (χ3v) is 6.25. The maximum Gasteiger partial charge on any atom is 0.251 e. The van der Waals surface area contributed by atoms with Crippen molar-refractivity contribution in [1.82, 2.24) is 15.1 Å². The first kappa shape index (κ1) is 19.7. The van der Waals surface area contributed by atoms with E-state index in [1.165, 1.54) is 0 Å². The first-order valence-electron chi connectivity index (χ1n) is 10.7. The summed E-state index contributed by atoms with van der Waals surface area (Å²) in [4.78, 5) is 41.3. The highest BCUT2D eigenvalue weighted by Gasteiger charge is 2.34. The second kappa shape index (κ2) is 8.43. The van der Waals surface area contributed by atoms with Gasteiger partial charge in [-0.25, -0.2) is 0 Å². The first-order valence-corrected chi connectivity index (χ1v) is 10.7. The van der Waals surface area contributed by atoms with Crippen molar-refractivity contribution in [3.63, 3.8) is 0 Å². The summed E-state index contributed by atoms with van der Waals surface area (Å²) < 4.78 is 5.50. The molecule has 0 spiro atoms. The predicted molar refractivity (Wildman–Crippen MR) is 108 cm³/mol. The van der Waals surface area contributed by atoms with Crippen molar-refractivity contribution in [1.29, 1.82) is 0 Å². The van der Waals surface area contributed by atoms with Gasteiger partial charge >= 0.3 is 0 Å². The lowest BCUT2D eigenvalue weighted by Gasteiger charge is -2.38. The van der Waals surface area contributed by atoms with Crippen LogP contribution >= 0.6 is 0 Å². The number of benzene rings is 1. The third-order valence-electron chi connectivity index (χ3n) is 6.25. The standard InChI is InChI=1S/C22H29N3O4/c1-2-24-13-17(6-8-20(24)26)22(28)25-10-3-4-18(14-25)23-21(27)16-5-7-19-15(12-16)9-11-29-19/h5,7,12,17-18H,2-4,6,8-11,13-14H2,1H3,(H,23,27)/t17?,18-/m1/s1. The fourth-order valence-electron chi connectivity index (χ4n) is 4.57. The van der Waals surface area contributed by atoms with Crippen molar-refractivity contribution in [3.8, 4) is 5.75 Å². The van der Waals surface area contributed by atoms with E-state index in [-0.39, 0.29) is 29.7 Å². The molecule has 3 aliphatic heterocycles. The van der Waals surface area contributed by atoms with E-state index in [4.69, 9.17) is 4.74 Å². The Labute approximate surface area is 171 Å². The molecular weight excluding hydrogens is 370 g/mol. The Morgan fingerprint density at radius 3 is 2.90 bits per heavy atom. The fourth-order valence-corrected chi connectivity index (χ4v) is 4.57. The number of hydrogen-bond acceptors (Lipinski definition) is 4. The molecule has 0 saturated carbocycles. The highest BCUT2D eigenvalue weighted by molar-refractivity contribution is 5.95. The molecule has 156 valence electrons. The number of piperidine rings is 2. The molecule has 1 unspecified atom stereocenters. The maximum atomic E-state index is 13.0. The van der Waals surface area contributed by atoms with Gasteiger partial charge in [0.2, 0.25) is 11.8 Å². The number of carbonyl (C=O) groups is 3. The van der Waals surface area contributed by atoms with Crippen LogP contribution in [0.5, 0.6) is 5.75 Å². The van der Waals surface area contributed by atoms with E-state index >= 15 is 0 Å². The van der Waals surface area contributed by atoms with E-state index in [1.54, 1.807) is 11.0 Å². The van der Waals surface area contributed by atoms with Crippen molar-refractivity contribution >= 4 is 17.7 Å². The minimum Gasteiger partial charge on any atom is -0.493 e. The molecule has 29 heavy (non-hydrogen) atoms. The maximum absolute atomic E-state index is 13.0. The molecule has 0 aliphatic carbocycles. The van der Waals surface area contributed by atoms with E-state index in [0.29, 0.717) is 44.6 Å². The zero-order valence-electron chi connectivity index (χ0n) is 17.0. The van der Waals surface area contributed by atoms with Gasteiger partial charge in [0.1, 0.15) is 5.75 Å². The number of amides is 3. The van der Waals surface area contributed by atoms with Gasteiger partial charge in [-0.2, -0.15) is 0 Å². The van der Waals surface area contributed by atoms with Crippen LogP contribution in [0.2, 0.25) is 0 Å². The highest BCUT2D eigenvalue weighted by atomic mass is 16.5. The van der Waals surface area contributed by atoms with Gasteiger partial charge in [0.25, 0.3) is 5.91 Å². The lowest BCUT2D eigenvalue weighted by atomic mass is 9.94. The highest BCUT2D eigenvalue weighted by Crippen LogP contribution is 2.26. The van der Waals surface area contributed by atoms with Gasteiger partial charge in [-0.05, 0) is 49.9 Å². The summed E-state index contributed by atoms with van der Waals surface area (Å²) in [6.07, 6.45) is 3.64. The van der Waals surface area contributed by atoms with Crippen LogP contribution in [-0.4, -0.2) is 66.3 Å². The summed E-state index contributed by atoms with van der Waals surface area (Å²) in [5, 5.41) is 3.10. The number of likely N-dealkylation sites (tertiary alicyclic amines) is 2. The minimum atomic E-state index is -0.126. The summed E-state index contributed by atoms with van der Waals surface area (Å²) in [6.45, 7) is 5.03. The molecule has 1 aromatic rings. The second-order valence-electron chi connectivity index (χ2n) is 8.19. The molecule has 2 saturated heterocycles. The zero-order valence-corrected chi connectivity index (χ0v) is 17.0. The van der Waals surface area contributed by atoms with E-state index < -0.39 is 0 Å². The molecule has 0 radical (unpaired) electrons. The largest absolute Gasteiger partial charge is 0.493 e. The van der Waals surface area contributed by atoms with Crippen molar-refractivity contribution in [2.75, 3.05) is 32.8 Å². The Kier molecular flexibility index (Phi) is 5.74. The molecule has 3 amide bonds. The van der Waals surface area contributed by atoms with Crippen LogP contribution in [0.25, 0.3) is 0 Å². The van der Waals surface area contributed by atoms with Crippen LogP contribution in [0, 0.1) is 5.92 Å². The summed E-state index contributed by atoms with van der Waals surface area (Å²) >= 11 is 0. The number of rotatable bonds is 4. The normalized spacial score (nSPS) is 24.1. The molecule has 7 heteroatoms. The Hall–Kier alpha value is -2.57. The van der Waals surface area contributed by atoms with Crippen LogP contribution in [-0.2, 0) is 16.0 Å². The SMILES string of the molecule is CCN1CC(C(=O)N2CCC[C@@H](NC(=O)c3ccc4c(c3)CCO4)C2)CCC1=O. The van der Waals surface area contributed by atoms with Crippen molar-refractivity contribution < 1.29 is 19.1 Å². The van der Waals surface area contributed by atoms with Gasteiger partial charge in [-0.3, -0.25) is 14.4 Å². The van der Waals surface area contributed by atoms with Crippen LogP contribution in [0.3, 0.4) is 0 Å². The van der Waals surface area contributed by atoms with Crippen LogP contribution in [0.15, 0.2) is 18.2 Å². The molecule has 7 nitrogen and oxygen atoms in total. The van der Waals surface area contributed by atoms with Gasteiger partial charge in [-0.15, -0.1) is 0 Å². The van der Waals surface area contributed by atoms with Crippen molar-refractivity contribution in [2.45, 2.75) is 45.1 Å². The molecule has 3 heterocycles. The number of fused-ring (bicyclic) bond motifs is 1. The zero-order chi connectivity index (χ0) is 20.4. The van der Waals surface area contributed by atoms with E-state index in [1.807, 2.05) is 24.0 Å². The summed E-state index contributed by atoms with van der Waals surface area (Å²) in [6, 6.07) is 5.51. The Morgan fingerprint density at radius 1 is 1.21 bits per heavy atom. The topological polar surface area (TPSA) is 79.0 Å². The molecule has 2 fully saturated rings. The average molecular weight is 399 g/mol. The molecule has 1 aromatic carbocycles. The van der Waals surface area contributed by atoms with Crippen LogP contribution in [0.4, 0.5) is 0 Å². The lowest BCUT2D eigenvalue weighted by Crippen LogP contribution is -2.53. The fraction of sp³-hybridized carbons (Fsp3) is 0.591. The number of carbonyl (C=O) groups excluding carboxylic acids is 3. The molecule has 1 N–H and O–H groups in total. The average Bonchev–Trinajstić information content (AvgIpc) is 3.21. The molecule has 4 rings (SSSR count). The van der Waals surface area contributed by atoms with E-state index in [2.05, 4.69) is 5.32 Å². The number of ether oxygens (including phenoxy) is 1. The first-order chi connectivity index (χ1) is 14.0. The Bertz CT molecular complexity index is 809. The number of nitrogens with one attached hydrogen (secondary N) is 1. The van der Waals surface area contributed by atoms with Crippen LogP contribution in [0.1, 0.15) is 48.5 Å². The quantitative estimate of drug-likeness (QED) is 0.834. The molecule has 2 atom stereocenters. The lowest BCUT2D eigenvalue weighted by molar-refractivity contribution is -0.143. The summed E-state index contributed by atoms with van der Waals surface area (Å²) in [5.41, 5.74) is 1.72. The number of hydrogen-bond donors (Lipinski definition) is 1. The van der Waals surface area contributed by atoms with Gasteiger partial charge in [0.15, 0.2) is 0 Å². The Morgan fingerprint density at radius 2 is 2.07 bits per heavy atom. The summed E-state index contributed by atoms with van der Waals surface area (Å²) in [5.74, 6) is 0.894. The van der Waals surface area contributed by atoms with Crippen LogP contribution < -0.4 is 10.1 Å². The molecule has 3 aliphatic rings. The van der Waals surface area contributed by atoms with Gasteiger partial charge in [0.05, 0.1) is 12.5 Å². The van der Waals surface area contributed by atoms with E-state index in [0.717, 1.165) is 37.1 Å².